The number of guanidine groups is 1. The van der Waals surface area contributed by atoms with E-state index in [0.29, 0.717) is 0 Å². The molecule has 0 saturated heterocycles. The minimum Gasteiger partial charge on any atom is -0.370 e. The lowest BCUT2D eigenvalue weighted by molar-refractivity contribution is -0.870. The summed E-state index contributed by atoms with van der Waals surface area (Å²) in [6.07, 6.45) is 21.9. The first-order valence-corrected chi connectivity index (χ1v) is 10.7. The summed E-state index contributed by atoms with van der Waals surface area (Å²) >= 11 is 0. The summed E-state index contributed by atoms with van der Waals surface area (Å²) in [6, 6.07) is 0. The Hall–Kier alpha value is -0.770. The standard InChI is InChI=1S/C20H44N.CH5N3/c1-5-6-7-8-9-10-11-12-13-14-15-16-17-18-19-20-21(2,3)4;2-1(3)4/h5-20H2,1-4H3;(H5,2,3,4)/q+1;. The Kier molecular flexibility index (Phi) is 20.7. The smallest absolute Gasteiger partial charge is 0.183 e. The van der Waals surface area contributed by atoms with Crippen LogP contribution in [0.1, 0.15) is 103 Å². The largest absolute Gasteiger partial charge is 0.370 e. The van der Waals surface area contributed by atoms with E-state index in [1.54, 1.807) is 0 Å². The average Bonchev–Trinajstić information content (AvgIpc) is 2.49. The highest BCUT2D eigenvalue weighted by Crippen LogP contribution is 2.13. The minimum absolute atomic E-state index is 0.333. The predicted octanol–water partition coefficient (Wildman–Crippen LogP) is 5.40. The second kappa shape index (κ2) is 19.6. The van der Waals surface area contributed by atoms with Gasteiger partial charge in [0.15, 0.2) is 5.96 Å². The van der Waals surface area contributed by atoms with E-state index in [-0.39, 0.29) is 5.96 Å². The van der Waals surface area contributed by atoms with Crippen LogP contribution in [-0.4, -0.2) is 38.1 Å². The Bertz CT molecular complexity index is 268. The van der Waals surface area contributed by atoms with Crippen molar-refractivity contribution >= 4 is 5.96 Å². The van der Waals surface area contributed by atoms with Gasteiger partial charge in [0.2, 0.25) is 0 Å². The molecule has 0 bridgehead atoms. The molecule has 0 spiro atoms. The SMILES string of the molecule is CCCCCCCCCCCCCCCCC[N+](C)(C)C.N=C(N)N. The molecule has 0 fully saturated rings. The van der Waals surface area contributed by atoms with E-state index in [9.17, 15) is 0 Å². The third kappa shape index (κ3) is 35.3. The summed E-state index contributed by atoms with van der Waals surface area (Å²) in [4.78, 5) is 0. The summed E-state index contributed by atoms with van der Waals surface area (Å²) in [5.74, 6) is -0.333. The fourth-order valence-electron chi connectivity index (χ4n) is 2.96. The lowest BCUT2D eigenvalue weighted by Crippen LogP contribution is -2.35. The quantitative estimate of drug-likeness (QED) is 0.150. The summed E-state index contributed by atoms with van der Waals surface area (Å²) in [5.41, 5.74) is 8.94. The van der Waals surface area contributed by atoms with Gasteiger partial charge >= 0.3 is 0 Å². The third-order valence-electron chi connectivity index (χ3n) is 4.43. The van der Waals surface area contributed by atoms with Gasteiger partial charge in [0, 0.05) is 0 Å². The average molecular weight is 358 g/mol. The second-order valence-corrected chi connectivity index (χ2v) is 8.42. The number of rotatable bonds is 16. The molecule has 0 aliphatic carbocycles. The van der Waals surface area contributed by atoms with Gasteiger partial charge in [-0.15, -0.1) is 0 Å². The van der Waals surface area contributed by atoms with Gasteiger partial charge in [0.05, 0.1) is 27.7 Å². The zero-order valence-corrected chi connectivity index (χ0v) is 17.9. The van der Waals surface area contributed by atoms with Crippen LogP contribution in [0.4, 0.5) is 0 Å². The van der Waals surface area contributed by atoms with Gasteiger partial charge in [0.25, 0.3) is 0 Å². The Morgan fingerprint density at radius 2 is 0.840 bits per heavy atom. The van der Waals surface area contributed by atoms with E-state index in [1.807, 2.05) is 0 Å². The molecule has 0 amide bonds. The number of nitrogens with two attached hydrogens (primary N) is 2. The van der Waals surface area contributed by atoms with Crippen LogP contribution in [0.2, 0.25) is 0 Å². The molecule has 152 valence electrons. The lowest BCUT2D eigenvalue weighted by atomic mass is 10.0. The highest BCUT2D eigenvalue weighted by Gasteiger charge is 2.04. The predicted molar refractivity (Wildman–Crippen MR) is 114 cm³/mol. The van der Waals surface area contributed by atoms with E-state index < -0.39 is 0 Å². The molecule has 4 nitrogen and oxygen atoms in total. The van der Waals surface area contributed by atoms with Crippen LogP contribution in [-0.2, 0) is 0 Å². The molecule has 0 aliphatic heterocycles. The molecule has 4 heteroatoms. The Morgan fingerprint density at radius 1 is 0.600 bits per heavy atom. The number of nitrogens with zero attached hydrogens (tertiary/aromatic N) is 1. The van der Waals surface area contributed by atoms with E-state index in [0.717, 1.165) is 4.48 Å². The fraction of sp³-hybridized carbons (Fsp3) is 0.952. The fourth-order valence-corrected chi connectivity index (χ4v) is 2.96. The van der Waals surface area contributed by atoms with Crippen molar-refractivity contribution in [2.75, 3.05) is 27.7 Å². The topological polar surface area (TPSA) is 75.9 Å². The number of nitrogens with one attached hydrogen (secondary N) is 1. The van der Waals surface area contributed by atoms with Gasteiger partial charge in [-0.05, 0) is 12.8 Å². The number of hydrogen-bond donors (Lipinski definition) is 3. The molecular weight excluding hydrogens is 308 g/mol. The van der Waals surface area contributed by atoms with Crippen LogP contribution in [0.5, 0.6) is 0 Å². The highest BCUT2D eigenvalue weighted by atomic mass is 15.3. The van der Waals surface area contributed by atoms with Crippen molar-refractivity contribution in [1.82, 2.24) is 0 Å². The Balaban J connectivity index is 0. The molecule has 0 atom stereocenters. The van der Waals surface area contributed by atoms with Gasteiger partial charge in [0.1, 0.15) is 0 Å². The zero-order chi connectivity index (χ0) is 19.4. The molecule has 0 aromatic rings. The first-order valence-electron chi connectivity index (χ1n) is 10.7. The minimum atomic E-state index is -0.333. The molecular formula is C21H49N4+. The first-order chi connectivity index (χ1) is 11.8. The van der Waals surface area contributed by atoms with E-state index in [2.05, 4.69) is 39.5 Å². The van der Waals surface area contributed by atoms with Crippen LogP contribution in [0.25, 0.3) is 0 Å². The van der Waals surface area contributed by atoms with E-state index >= 15 is 0 Å². The molecule has 5 N–H and O–H groups in total. The van der Waals surface area contributed by atoms with Crippen LogP contribution in [0.15, 0.2) is 0 Å². The molecule has 0 unspecified atom stereocenters. The molecule has 0 aliphatic rings. The summed E-state index contributed by atoms with van der Waals surface area (Å²) in [5, 5.41) is 6.06. The van der Waals surface area contributed by atoms with Gasteiger partial charge in [-0.3, -0.25) is 5.41 Å². The van der Waals surface area contributed by atoms with Crippen molar-refractivity contribution in [3.05, 3.63) is 0 Å². The summed E-state index contributed by atoms with van der Waals surface area (Å²) < 4.78 is 1.12. The van der Waals surface area contributed by atoms with Crippen molar-refractivity contribution in [1.29, 1.82) is 5.41 Å². The molecule has 0 aromatic heterocycles. The Morgan fingerprint density at radius 3 is 1.08 bits per heavy atom. The second-order valence-electron chi connectivity index (χ2n) is 8.42. The van der Waals surface area contributed by atoms with Crippen molar-refractivity contribution in [3.63, 3.8) is 0 Å². The normalized spacial score (nSPS) is 11.0. The third-order valence-corrected chi connectivity index (χ3v) is 4.43. The number of hydrogen-bond acceptors (Lipinski definition) is 1. The van der Waals surface area contributed by atoms with Crippen LogP contribution < -0.4 is 11.5 Å². The molecule has 0 radical (unpaired) electrons. The van der Waals surface area contributed by atoms with Gasteiger partial charge in [-0.2, -0.15) is 0 Å². The number of unbranched alkanes of at least 4 members (excludes halogenated alkanes) is 14. The molecule has 25 heavy (non-hydrogen) atoms. The maximum absolute atomic E-state index is 6.06. The maximum atomic E-state index is 6.06. The van der Waals surface area contributed by atoms with Crippen molar-refractivity contribution in [2.45, 2.75) is 103 Å². The van der Waals surface area contributed by atoms with Crippen LogP contribution in [0.3, 0.4) is 0 Å². The molecule has 0 heterocycles. The summed E-state index contributed by atoms with van der Waals surface area (Å²) in [6.45, 7) is 3.63. The van der Waals surface area contributed by atoms with Gasteiger partial charge in [-0.1, -0.05) is 90.4 Å². The van der Waals surface area contributed by atoms with Crippen LogP contribution in [0, 0.1) is 5.41 Å². The first kappa shape index (κ1) is 26.5. The highest BCUT2D eigenvalue weighted by molar-refractivity contribution is 5.71. The van der Waals surface area contributed by atoms with E-state index in [4.69, 9.17) is 5.41 Å². The Labute approximate surface area is 158 Å². The summed E-state index contributed by atoms with van der Waals surface area (Å²) in [7, 11) is 6.89. The van der Waals surface area contributed by atoms with Crippen molar-refractivity contribution in [3.8, 4) is 0 Å². The van der Waals surface area contributed by atoms with E-state index in [1.165, 1.54) is 103 Å². The molecule has 0 rings (SSSR count). The lowest BCUT2D eigenvalue weighted by Gasteiger charge is -2.23. The molecule has 0 saturated carbocycles. The van der Waals surface area contributed by atoms with Crippen molar-refractivity contribution < 1.29 is 4.48 Å². The van der Waals surface area contributed by atoms with Crippen LogP contribution >= 0.6 is 0 Å². The maximum Gasteiger partial charge on any atom is 0.183 e. The zero-order valence-electron chi connectivity index (χ0n) is 17.9. The van der Waals surface area contributed by atoms with Gasteiger partial charge < -0.3 is 16.0 Å². The van der Waals surface area contributed by atoms with Gasteiger partial charge in [-0.25, -0.2) is 0 Å². The van der Waals surface area contributed by atoms with Crippen molar-refractivity contribution in [2.24, 2.45) is 11.5 Å². The molecule has 0 aromatic carbocycles. The monoisotopic (exact) mass is 357 g/mol. The number of quaternary nitrogens is 1.